The molecule has 0 radical (unpaired) electrons. The number of carboxylic acids is 1. The van der Waals surface area contributed by atoms with Gasteiger partial charge in [-0.25, -0.2) is 8.42 Å². The standard InChI is InChI=1S/C15H18ClNO5S/c16-11-3-5-13(6-4-11)23(20,21)17-8-12(7-14(17)15(18)19)22-9-10-1-2-10/h3-6,10,12,14H,1-2,7-9H2,(H,18,19). The highest BCUT2D eigenvalue weighted by Crippen LogP contribution is 2.32. The van der Waals surface area contributed by atoms with Crippen LogP contribution in [0.2, 0.25) is 5.02 Å². The summed E-state index contributed by atoms with van der Waals surface area (Å²) in [7, 11) is -3.89. The second kappa shape index (κ2) is 6.39. The van der Waals surface area contributed by atoms with E-state index in [4.69, 9.17) is 16.3 Å². The first-order chi connectivity index (χ1) is 10.9. The van der Waals surface area contributed by atoms with Crippen LogP contribution in [-0.4, -0.2) is 49.1 Å². The summed E-state index contributed by atoms with van der Waals surface area (Å²) in [6, 6.07) is 4.62. The molecule has 1 N–H and O–H groups in total. The molecule has 0 bridgehead atoms. The molecule has 0 amide bonds. The van der Waals surface area contributed by atoms with Gasteiger partial charge in [0.15, 0.2) is 0 Å². The lowest BCUT2D eigenvalue weighted by molar-refractivity contribution is -0.140. The van der Waals surface area contributed by atoms with Crippen LogP contribution < -0.4 is 0 Å². The van der Waals surface area contributed by atoms with Crippen LogP contribution >= 0.6 is 11.6 Å². The summed E-state index contributed by atoms with van der Waals surface area (Å²) in [5, 5.41) is 9.78. The van der Waals surface area contributed by atoms with Crippen molar-refractivity contribution in [2.45, 2.75) is 36.3 Å². The fourth-order valence-corrected chi connectivity index (χ4v) is 4.43. The van der Waals surface area contributed by atoms with E-state index in [2.05, 4.69) is 0 Å². The largest absolute Gasteiger partial charge is 0.480 e. The van der Waals surface area contributed by atoms with E-state index in [1.807, 2.05) is 0 Å². The van der Waals surface area contributed by atoms with Gasteiger partial charge < -0.3 is 9.84 Å². The molecule has 3 rings (SSSR count). The van der Waals surface area contributed by atoms with Gasteiger partial charge in [-0.2, -0.15) is 4.31 Å². The number of carbonyl (C=O) groups is 1. The molecule has 1 aliphatic carbocycles. The third kappa shape index (κ3) is 3.68. The molecule has 1 heterocycles. The number of hydrogen-bond acceptors (Lipinski definition) is 4. The van der Waals surface area contributed by atoms with Gasteiger partial charge in [0.1, 0.15) is 6.04 Å². The summed E-state index contributed by atoms with van der Waals surface area (Å²) in [5.74, 6) is -0.611. The molecule has 1 aromatic carbocycles. The Morgan fingerprint density at radius 3 is 2.52 bits per heavy atom. The lowest BCUT2D eigenvalue weighted by Crippen LogP contribution is -2.40. The highest BCUT2D eigenvalue weighted by atomic mass is 35.5. The van der Waals surface area contributed by atoms with Crippen molar-refractivity contribution in [2.24, 2.45) is 5.92 Å². The first-order valence-electron chi connectivity index (χ1n) is 7.50. The molecule has 2 unspecified atom stereocenters. The molecule has 6 nitrogen and oxygen atoms in total. The average molecular weight is 360 g/mol. The Morgan fingerprint density at radius 1 is 1.30 bits per heavy atom. The topological polar surface area (TPSA) is 83.9 Å². The fraction of sp³-hybridized carbons (Fsp3) is 0.533. The van der Waals surface area contributed by atoms with Crippen LogP contribution in [0.25, 0.3) is 0 Å². The Kier molecular flexibility index (Phi) is 4.64. The predicted molar refractivity (Wildman–Crippen MR) is 83.8 cm³/mol. The van der Waals surface area contributed by atoms with Gasteiger partial charge >= 0.3 is 5.97 Å². The normalized spacial score (nSPS) is 25.6. The van der Waals surface area contributed by atoms with Crippen LogP contribution in [0, 0.1) is 5.92 Å². The molecule has 0 spiro atoms. The van der Waals surface area contributed by atoms with Gasteiger partial charge in [-0.3, -0.25) is 4.79 Å². The summed E-state index contributed by atoms with van der Waals surface area (Å²) in [6.45, 7) is 0.639. The Balaban J connectivity index is 1.79. The summed E-state index contributed by atoms with van der Waals surface area (Å²) in [4.78, 5) is 11.5. The second-order valence-electron chi connectivity index (χ2n) is 6.02. The Labute approximate surface area is 140 Å². The fourth-order valence-electron chi connectivity index (χ4n) is 2.68. The quantitative estimate of drug-likeness (QED) is 0.839. The lowest BCUT2D eigenvalue weighted by Gasteiger charge is -2.20. The molecule has 1 aliphatic heterocycles. The molecular weight excluding hydrogens is 342 g/mol. The van der Waals surface area contributed by atoms with Crippen molar-refractivity contribution in [1.82, 2.24) is 4.31 Å². The van der Waals surface area contributed by atoms with E-state index in [1.54, 1.807) is 0 Å². The Morgan fingerprint density at radius 2 is 1.96 bits per heavy atom. The molecular formula is C15H18ClNO5S. The van der Waals surface area contributed by atoms with Crippen LogP contribution in [0.5, 0.6) is 0 Å². The first-order valence-corrected chi connectivity index (χ1v) is 9.31. The maximum atomic E-state index is 12.7. The van der Waals surface area contributed by atoms with Crippen LogP contribution in [-0.2, 0) is 19.6 Å². The van der Waals surface area contributed by atoms with Gasteiger partial charge in [-0.05, 0) is 43.0 Å². The van der Waals surface area contributed by atoms with Crippen LogP contribution in [0.15, 0.2) is 29.2 Å². The molecule has 0 aromatic heterocycles. The van der Waals surface area contributed by atoms with Crippen molar-refractivity contribution in [3.63, 3.8) is 0 Å². The Bertz CT molecular complexity index is 686. The summed E-state index contributed by atoms with van der Waals surface area (Å²) in [5.41, 5.74) is 0. The highest BCUT2D eigenvalue weighted by molar-refractivity contribution is 7.89. The monoisotopic (exact) mass is 359 g/mol. The number of sulfonamides is 1. The predicted octanol–water partition coefficient (Wildman–Crippen LogP) is 1.98. The minimum absolute atomic E-state index is 0.0380. The number of nitrogens with zero attached hydrogens (tertiary/aromatic N) is 1. The van der Waals surface area contributed by atoms with Gasteiger partial charge in [0, 0.05) is 24.6 Å². The van der Waals surface area contributed by atoms with Crippen LogP contribution in [0.4, 0.5) is 0 Å². The number of rotatable bonds is 6. The lowest BCUT2D eigenvalue weighted by atomic mass is 10.2. The van der Waals surface area contributed by atoms with Gasteiger partial charge in [-0.15, -0.1) is 0 Å². The first kappa shape index (κ1) is 16.7. The zero-order chi connectivity index (χ0) is 16.6. The molecule has 2 fully saturated rings. The molecule has 1 aromatic rings. The van der Waals surface area contributed by atoms with Gasteiger partial charge in [0.05, 0.1) is 11.0 Å². The highest BCUT2D eigenvalue weighted by Gasteiger charge is 2.44. The second-order valence-corrected chi connectivity index (χ2v) is 8.34. The molecule has 126 valence electrons. The summed E-state index contributed by atoms with van der Waals surface area (Å²) >= 11 is 5.78. The van der Waals surface area contributed by atoms with Crippen molar-refractivity contribution in [2.75, 3.05) is 13.2 Å². The molecule has 2 aliphatic rings. The van der Waals surface area contributed by atoms with Crippen LogP contribution in [0.3, 0.4) is 0 Å². The maximum absolute atomic E-state index is 12.7. The molecule has 1 saturated carbocycles. The molecule has 23 heavy (non-hydrogen) atoms. The van der Waals surface area contributed by atoms with E-state index in [0.717, 1.165) is 17.1 Å². The van der Waals surface area contributed by atoms with Crippen molar-refractivity contribution in [1.29, 1.82) is 0 Å². The third-order valence-corrected chi connectivity index (χ3v) is 6.33. The minimum atomic E-state index is -3.89. The molecule has 1 saturated heterocycles. The van der Waals surface area contributed by atoms with Crippen molar-refractivity contribution in [3.05, 3.63) is 29.3 Å². The number of ether oxygens (including phenoxy) is 1. The summed E-state index contributed by atoms with van der Waals surface area (Å²) in [6.07, 6.45) is 2.05. The van der Waals surface area contributed by atoms with Gasteiger partial charge in [0.2, 0.25) is 10.0 Å². The number of halogens is 1. The van der Waals surface area contributed by atoms with E-state index >= 15 is 0 Å². The van der Waals surface area contributed by atoms with Crippen LogP contribution in [0.1, 0.15) is 19.3 Å². The third-order valence-electron chi connectivity index (χ3n) is 4.19. The average Bonchev–Trinajstić information content (AvgIpc) is 3.22. The maximum Gasteiger partial charge on any atom is 0.322 e. The number of hydrogen-bond donors (Lipinski definition) is 1. The van der Waals surface area contributed by atoms with Crippen molar-refractivity contribution < 1.29 is 23.1 Å². The number of benzene rings is 1. The van der Waals surface area contributed by atoms with E-state index in [0.29, 0.717) is 17.5 Å². The Hall–Kier alpha value is -1.15. The SMILES string of the molecule is O=C(O)C1CC(OCC2CC2)CN1S(=O)(=O)c1ccc(Cl)cc1. The summed E-state index contributed by atoms with van der Waals surface area (Å²) < 4.78 is 32.2. The number of aliphatic carboxylic acids is 1. The van der Waals surface area contributed by atoms with Crippen molar-refractivity contribution in [3.8, 4) is 0 Å². The van der Waals surface area contributed by atoms with Gasteiger partial charge in [0.25, 0.3) is 0 Å². The van der Waals surface area contributed by atoms with E-state index in [9.17, 15) is 18.3 Å². The van der Waals surface area contributed by atoms with Crippen molar-refractivity contribution >= 4 is 27.6 Å². The molecule has 2 atom stereocenters. The van der Waals surface area contributed by atoms with E-state index < -0.39 is 22.0 Å². The zero-order valence-corrected chi connectivity index (χ0v) is 14.0. The van der Waals surface area contributed by atoms with E-state index in [-0.39, 0.29) is 24.0 Å². The van der Waals surface area contributed by atoms with E-state index in [1.165, 1.54) is 24.3 Å². The smallest absolute Gasteiger partial charge is 0.322 e. The minimum Gasteiger partial charge on any atom is -0.480 e. The zero-order valence-electron chi connectivity index (χ0n) is 12.4. The van der Waals surface area contributed by atoms with Gasteiger partial charge in [-0.1, -0.05) is 11.6 Å². The molecule has 8 heteroatoms. The number of carboxylic acid groups (broad SMARTS) is 1.